The van der Waals surface area contributed by atoms with E-state index in [4.69, 9.17) is 12.2 Å². The molecule has 0 saturated heterocycles. The highest BCUT2D eigenvalue weighted by Crippen LogP contribution is 2.20. The molecule has 0 N–H and O–H groups in total. The molecule has 1 aromatic carbocycles. The number of benzene rings is 1. The fraction of sp³-hybridized carbons (Fsp3) is 0.133. The van der Waals surface area contributed by atoms with Gasteiger partial charge in [-0.1, -0.05) is 35.6 Å². The second kappa shape index (κ2) is 6.46. The number of fused-ring (bicyclic) bond motifs is 1. The topological polar surface area (TPSA) is 83.0 Å². The largest absolute Gasteiger partial charge is 0.304 e. The Morgan fingerprint density at radius 3 is 2.88 bits per heavy atom. The van der Waals surface area contributed by atoms with Crippen LogP contribution in [0.5, 0.6) is 0 Å². The lowest BCUT2D eigenvalue weighted by Crippen LogP contribution is -2.21. The first-order valence-corrected chi connectivity index (χ1v) is 8.17. The van der Waals surface area contributed by atoms with E-state index in [2.05, 4.69) is 11.6 Å². The van der Waals surface area contributed by atoms with Gasteiger partial charge in [0, 0.05) is 18.2 Å². The summed E-state index contributed by atoms with van der Waals surface area (Å²) in [5.74, 6) is 0. The summed E-state index contributed by atoms with van der Waals surface area (Å²) in [5.41, 5.74) is 0.659. The molecular weight excluding hydrogens is 348 g/mol. The van der Waals surface area contributed by atoms with Gasteiger partial charge in [0.2, 0.25) is 0 Å². The van der Waals surface area contributed by atoms with Gasteiger partial charge in [-0.05, 0) is 12.2 Å². The predicted molar refractivity (Wildman–Crippen MR) is 95.1 cm³/mol. The van der Waals surface area contributed by atoms with Crippen LogP contribution in [0.4, 0.5) is 5.69 Å². The first-order valence-electron chi connectivity index (χ1n) is 6.95. The summed E-state index contributed by atoms with van der Waals surface area (Å²) >= 11 is 6.44. The van der Waals surface area contributed by atoms with Gasteiger partial charge in [-0.15, -0.1) is 6.58 Å². The average molecular weight is 360 g/mol. The van der Waals surface area contributed by atoms with E-state index in [-0.39, 0.29) is 17.8 Å². The van der Waals surface area contributed by atoms with Crippen LogP contribution in [0.2, 0.25) is 0 Å². The SMILES string of the molecule is C=CCn1c(=S)sc2c(=O)n(Cc3ccccc3[N+](=O)[O-])cnc21. The van der Waals surface area contributed by atoms with Crippen LogP contribution < -0.4 is 5.56 Å². The summed E-state index contributed by atoms with van der Waals surface area (Å²) in [6, 6.07) is 6.33. The van der Waals surface area contributed by atoms with Crippen molar-refractivity contribution in [1.29, 1.82) is 0 Å². The Kier molecular flexibility index (Phi) is 4.36. The molecule has 0 unspecified atom stereocenters. The Balaban J connectivity index is 2.11. The second-order valence-electron chi connectivity index (χ2n) is 4.98. The van der Waals surface area contributed by atoms with Crippen molar-refractivity contribution < 1.29 is 4.92 Å². The van der Waals surface area contributed by atoms with Gasteiger partial charge in [0.1, 0.15) is 11.0 Å². The molecule has 2 aromatic heterocycles. The summed E-state index contributed by atoms with van der Waals surface area (Å²) in [4.78, 5) is 27.6. The molecule has 0 amide bonds. The van der Waals surface area contributed by atoms with E-state index in [0.29, 0.717) is 26.4 Å². The molecule has 3 rings (SSSR count). The highest BCUT2D eigenvalue weighted by atomic mass is 32.1. The van der Waals surface area contributed by atoms with Crippen LogP contribution >= 0.6 is 23.6 Å². The van der Waals surface area contributed by atoms with Crippen molar-refractivity contribution in [2.75, 3.05) is 0 Å². The lowest BCUT2D eigenvalue weighted by atomic mass is 10.2. The van der Waals surface area contributed by atoms with Crippen molar-refractivity contribution in [2.24, 2.45) is 0 Å². The van der Waals surface area contributed by atoms with Gasteiger partial charge < -0.3 is 4.57 Å². The van der Waals surface area contributed by atoms with Crippen molar-refractivity contribution in [3.05, 3.63) is 73.2 Å². The number of hydrogen-bond donors (Lipinski definition) is 0. The normalized spacial score (nSPS) is 10.8. The summed E-state index contributed by atoms with van der Waals surface area (Å²) in [6.45, 7) is 4.21. The molecule has 0 bridgehead atoms. The molecule has 2 heterocycles. The minimum absolute atomic E-state index is 0.0265. The first kappa shape index (κ1) is 16.2. The zero-order valence-electron chi connectivity index (χ0n) is 12.4. The van der Waals surface area contributed by atoms with Gasteiger partial charge in [-0.3, -0.25) is 19.5 Å². The summed E-state index contributed by atoms with van der Waals surface area (Å²) in [7, 11) is 0. The second-order valence-corrected chi connectivity index (χ2v) is 6.63. The molecular formula is C15H12N4O3S2. The third kappa shape index (κ3) is 2.79. The summed E-state index contributed by atoms with van der Waals surface area (Å²) < 4.78 is 4.06. The lowest BCUT2D eigenvalue weighted by Gasteiger charge is -2.06. The van der Waals surface area contributed by atoms with Crippen molar-refractivity contribution in [3.8, 4) is 0 Å². The Bertz CT molecular complexity index is 1060. The van der Waals surface area contributed by atoms with E-state index >= 15 is 0 Å². The van der Waals surface area contributed by atoms with Gasteiger partial charge in [-0.2, -0.15) is 0 Å². The standard InChI is InChI=1S/C15H12N4O3S2/c1-2-7-18-13-12(24-15(18)23)14(20)17(9-16-13)8-10-5-3-4-6-11(10)19(21)22/h2-6,9H,1,7-8H2. The number of nitro benzene ring substituents is 1. The third-order valence-electron chi connectivity index (χ3n) is 3.48. The maximum Gasteiger partial charge on any atom is 0.274 e. The van der Waals surface area contributed by atoms with E-state index in [0.717, 1.165) is 0 Å². The lowest BCUT2D eigenvalue weighted by molar-refractivity contribution is -0.385. The minimum atomic E-state index is -0.461. The highest BCUT2D eigenvalue weighted by Gasteiger charge is 2.16. The highest BCUT2D eigenvalue weighted by molar-refractivity contribution is 7.73. The smallest absolute Gasteiger partial charge is 0.274 e. The number of rotatable bonds is 5. The van der Waals surface area contributed by atoms with Gasteiger partial charge in [-0.25, -0.2) is 4.98 Å². The van der Waals surface area contributed by atoms with E-state index in [1.54, 1.807) is 28.8 Å². The van der Waals surface area contributed by atoms with Crippen LogP contribution in [0.1, 0.15) is 5.56 Å². The Morgan fingerprint density at radius 1 is 1.42 bits per heavy atom. The van der Waals surface area contributed by atoms with Crippen molar-refractivity contribution >= 4 is 39.6 Å². The molecule has 122 valence electrons. The van der Waals surface area contributed by atoms with Crippen molar-refractivity contribution in [1.82, 2.24) is 14.1 Å². The van der Waals surface area contributed by atoms with Gasteiger partial charge >= 0.3 is 0 Å². The molecule has 0 saturated carbocycles. The minimum Gasteiger partial charge on any atom is -0.304 e. The molecule has 0 aliphatic carbocycles. The molecule has 0 fully saturated rings. The number of hydrogen-bond acceptors (Lipinski definition) is 6. The summed E-state index contributed by atoms with van der Waals surface area (Å²) in [5, 5.41) is 11.1. The van der Waals surface area contributed by atoms with Crippen LogP contribution in [-0.2, 0) is 13.1 Å². The van der Waals surface area contributed by atoms with Crippen molar-refractivity contribution in [3.63, 3.8) is 0 Å². The third-order valence-corrected chi connectivity index (χ3v) is 4.91. The quantitative estimate of drug-likeness (QED) is 0.302. The van der Waals surface area contributed by atoms with Crippen LogP contribution in [0, 0.1) is 14.1 Å². The van der Waals surface area contributed by atoms with Crippen LogP contribution in [0.15, 0.2) is 48.0 Å². The van der Waals surface area contributed by atoms with E-state index in [1.807, 2.05) is 0 Å². The summed E-state index contributed by atoms with van der Waals surface area (Å²) in [6.07, 6.45) is 3.07. The fourth-order valence-electron chi connectivity index (χ4n) is 2.38. The number of nitro groups is 1. The van der Waals surface area contributed by atoms with Crippen molar-refractivity contribution in [2.45, 2.75) is 13.1 Å². The Morgan fingerprint density at radius 2 is 2.17 bits per heavy atom. The van der Waals surface area contributed by atoms with Crippen LogP contribution in [0.3, 0.4) is 0 Å². The molecule has 0 atom stereocenters. The van der Waals surface area contributed by atoms with Crippen LogP contribution in [-0.4, -0.2) is 19.0 Å². The first-order chi connectivity index (χ1) is 11.5. The molecule has 9 heteroatoms. The van der Waals surface area contributed by atoms with E-state index in [1.165, 1.54) is 28.3 Å². The molecule has 24 heavy (non-hydrogen) atoms. The molecule has 0 spiro atoms. The molecule has 3 aromatic rings. The fourth-order valence-corrected chi connectivity index (χ4v) is 3.70. The molecule has 7 nitrogen and oxygen atoms in total. The Hall–Kier alpha value is -2.65. The maximum absolute atomic E-state index is 12.7. The number of thiazole rings is 1. The zero-order chi connectivity index (χ0) is 17.3. The molecule has 0 aliphatic heterocycles. The van der Waals surface area contributed by atoms with Gasteiger partial charge in [0.25, 0.3) is 11.2 Å². The van der Waals surface area contributed by atoms with Gasteiger partial charge in [0.15, 0.2) is 9.60 Å². The van der Waals surface area contributed by atoms with E-state index < -0.39 is 4.92 Å². The number of nitrogens with zero attached hydrogens (tertiary/aromatic N) is 4. The number of aromatic nitrogens is 3. The molecule has 0 radical (unpaired) electrons. The molecule has 0 aliphatic rings. The predicted octanol–water partition coefficient (Wildman–Crippen LogP) is 3.13. The number of para-hydroxylation sites is 1. The number of allylic oxidation sites excluding steroid dienone is 1. The zero-order valence-corrected chi connectivity index (χ0v) is 14.0. The van der Waals surface area contributed by atoms with Gasteiger partial charge in [0.05, 0.1) is 11.5 Å². The van der Waals surface area contributed by atoms with Crippen LogP contribution in [0.25, 0.3) is 10.3 Å². The monoisotopic (exact) mass is 360 g/mol. The average Bonchev–Trinajstić information content (AvgIpc) is 2.88. The maximum atomic E-state index is 12.7. The van der Waals surface area contributed by atoms with E-state index in [9.17, 15) is 14.9 Å². The Labute approximate surface area is 145 Å².